The highest BCUT2D eigenvalue weighted by molar-refractivity contribution is 14.1. The number of halogens is 1. The van der Waals surface area contributed by atoms with Gasteiger partial charge in [0, 0.05) is 32.6 Å². The predicted octanol–water partition coefficient (Wildman–Crippen LogP) is 3.43. The summed E-state index contributed by atoms with van der Waals surface area (Å²) in [6.45, 7) is 5.63. The highest BCUT2D eigenvalue weighted by atomic mass is 127. The van der Waals surface area contributed by atoms with Gasteiger partial charge in [-0.1, -0.05) is 20.8 Å². The molecule has 2 aliphatic rings. The van der Waals surface area contributed by atoms with E-state index >= 15 is 0 Å². The maximum absolute atomic E-state index is 13.0. The van der Waals surface area contributed by atoms with Crippen molar-refractivity contribution in [1.29, 1.82) is 0 Å². The van der Waals surface area contributed by atoms with E-state index in [2.05, 4.69) is 27.9 Å². The molecule has 1 saturated heterocycles. The average Bonchev–Trinajstić information content (AvgIpc) is 2.52. The van der Waals surface area contributed by atoms with Crippen molar-refractivity contribution in [3.63, 3.8) is 0 Å². The van der Waals surface area contributed by atoms with Gasteiger partial charge in [-0.05, 0) is 66.1 Å². The van der Waals surface area contributed by atoms with Gasteiger partial charge in [0.1, 0.15) is 0 Å². The van der Waals surface area contributed by atoms with Gasteiger partial charge in [0.15, 0.2) is 0 Å². The van der Waals surface area contributed by atoms with Crippen LogP contribution in [0.2, 0.25) is 0 Å². The van der Waals surface area contributed by atoms with Crippen molar-refractivity contribution in [2.75, 3.05) is 12.4 Å². The molecule has 2 fully saturated rings. The molecule has 5 nitrogen and oxygen atoms in total. The minimum Gasteiger partial charge on any atom is -0.326 e. The van der Waals surface area contributed by atoms with E-state index in [-0.39, 0.29) is 17.7 Å². The number of fused-ring (bicyclic) bond motifs is 2. The molecule has 1 saturated carbocycles. The Kier molecular flexibility index (Phi) is 4.25. The summed E-state index contributed by atoms with van der Waals surface area (Å²) in [6, 6.07) is 7.58. The Balaban J connectivity index is 1.91. The van der Waals surface area contributed by atoms with Crippen molar-refractivity contribution >= 4 is 46.0 Å². The van der Waals surface area contributed by atoms with E-state index in [4.69, 9.17) is 0 Å². The van der Waals surface area contributed by atoms with E-state index in [1.165, 1.54) is 4.90 Å². The number of benzene rings is 1. The zero-order chi connectivity index (χ0) is 18.6. The monoisotopic (exact) mass is 454 g/mol. The fourth-order valence-electron chi connectivity index (χ4n) is 4.95. The number of anilines is 1. The van der Waals surface area contributed by atoms with Crippen LogP contribution in [0.15, 0.2) is 24.3 Å². The van der Waals surface area contributed by atoms with Crippen LogP contribution in [0, 0.1) is 19.8 Å². The number of carbonyl (C=O) groups excluding carboxylic acids is 3. The van der Waals surface area contributed by atoms with Gasteiger partial charge in [0.05, 0.1) is 0 Å². The minimum absolute atomic E-state index is 0.129. The smallest absolute Gasteiger partial charge is 0.234 e. The summed E-state index contributed by atoms with van der Waals surface area (Å²) in [4.78, 5) is 39.7. The second-order valence-electron chi connectivity index (χ2n) is 8.34. The molecular weight excluding hydrogens is 431 g/mol. The first-order chi connectivity index (χ1) is 11.5. The highest BCUT2D eigenvalue weighted by Gasteiger charge is 2.62. The third-order valence-corrected chi connectivity index (χ3v) is 6.35. The topological polar surface area (TPSA) is 66.5 Å². The summed E-state index contributed by atoms with van der Waals surface area (Å²) in [6.07, 6.45) is 1.40. The predicted molar refractivity (Wildman–Crippen MR) is 104 cm³/mol. The largest absolute Gasteiger partial charge is 0.326 e. The van der Waals surface area contributed by atoms with Gasteiger partial charge >= 0.3 is 0 Å². The molecule has 2 bridgehead atoms. The van der Waals surface area contributed by atoms with Crippen molar-refractivity contribution in [2.24, 2.45) is 16.2 Å². The van der Waals surface area contributed by atoms with Crippen molar-refractivity contribution in [3.8, 4) is 0 Å². The van der Waals surface area contributed by atoms with Gasteiger partial charge in [-0.25, -0.2) is 0 Å². The average molecular weight is 454 g/mol. The number of hydrogen-bond acceptors (Lipinski definition) is 3. The van der Waals surface area contributed by atoms with Crippen molar-refractivity contribution in [3.05, 3.63) is 27.8 Å². The normalized spacial score (nSPS) is 34.8. The number of nitrogens with one attached hydrogen (secondary N) is 1. The Hall–Kier alpha value is -1.44. The van der Waals surface area contributed by atoms with Crippen LogP contribution in [0.25, 0.3) is 0 Å². The summed E-state index contributed by atoms with van der Waals surface area (Å²) in [5, 5.41) is 2.97. The molecule has 1 heterocycles. The van der Waals surface area contributed by atoms with Crippen LogP contribution in [-0.2, 0) is 14.4 Å². The Morgan fingerprint density at radius 1 is 1.00 bits per heavy atom. The zero-order valence-corrected chi connectivity index (χ0v) is 17.1. The van der Waals surface area contributed by atoms with E-state index in [9.17, 15) is 14.4 Å². The van der Waals surface area contributed by atoms with Gasteiger partial charge in [0.25, 0.3) is 0 Å². The summed E-state index contributed by atoms with van der Waals surface area (Å²) in [5.41, 5.74) is -1.41. The van der Waals surface area contributed by atoms with Gasteiger partial charge in [0.2, 0.25) is 17.7 Å². The summed E-state index contributed by atoms with van der Waals surface area (Å²) < 4.78 is 1.09. The number of likely N-dealkylation sites (tertiary alicyclic amines) is 1. The Morgan fingerprint density at radius 3 is 1.96 bits per heavy atom. The number of amides is 3. The minimum atomic E-state index is -0.767. The highest BCUT2D eigenvalue weighted by Crippen LogP contribution is 2.58. The van der Waals surface area contributed by atoms with Crippen LogP contribution in [0.4, 0.5) is 5.69 Å². The van der Waals surface area contributed by atoms with Crippen LogP contribution in [-0.4, -0.2) is 29.7 Å². The SMILES string of the molecule is CN1C(=O)C2(C)CC(C)(C(=O)Nc3ccc(I)cc3)CC(C)(C2)C1=O. The first-order valence-electron chi connectivity index (χ1n) is 8.39. The van der Waals surface area contributed by atoms with E-state index < -0.39 is 16.2 Å². The molecule has 6 heteroatoms. The molecule has 3 amide bonds. The molecule has 25 heavy (non-hydrogen) atoms. The quantitative estimate of drug-likeness (QED) is 0.550. The Bertz CT molecular complexity index is 730. The second-order valence-corrected chi connectivity index (χ2v) is 9.59. The molecule has 0 spiro atoms. The Morgan fingerprint density at radius 2 is 1.48 bits per heavy atom. The van der Waals surface area contributed by atoms with Crippen LogP contribution in [0.1, 0.15) is 40.0 Å². The molecule has 2 unspecified atom stereocenters. The lowest BCUT2D eigenvalue weighted by molar-refractivity contribution is -0.177. The van der Waals surface area contributed by atoms with Crippen molar-refractivity contribution in [1.82, 2.24) is 4.90 Å². The van der Waals surface area contributed by atoms with E-state index in [0.717, 1.165) is 9.26 Å². The van der Waals surface area contributed by atoms with Crippen LogP contribution in [0.5, 0.6) is 0 Å². The summed E-state index contributed by atoms with van der Waals surface area (Å²) in [5.74, 6) is -0.484. The number of piperidine rings is 1. The molecule has 0 radical (unpaired) electrons. The number of imide groups is 1. The van der Waals surface area contributed by atoms with Gasteiger partial charge in [-0.15, -0.1) is 0 Å². The lowest BCUT2D eigenvalue weighted by atomic mass is 9.51. The van der Waals surface area contributed by atoms with Crippen molar-refractivity contribution in [2.45, 2.75) is 40.0 Å². The van der Waals surface area contributed by atoms with Gasteiger partial charge in [-0.3, -0.25) is 19.3 Å². The molecular formula is C19H23IN2O3. The molecule has 1 aliphatic heterocycles. The van der Waals surface area contributed by atoms with Crippen molar-refractivity contribution < 1.29 is 14.4 Å². The zero-order valence-electron chi connectivity index (χ0n) is 15.0. The molecule has 2 atom stereocenters. The molecule has 0 aromatic heterocycles. The first-order valence-corrected chi connectivity index (χ1v) is 9.47. The third-order valence-electron chi connectivity index (χ3n) is 5.63. The molecule has 1 N–H and O–H groups in total. The van der Waals surface area contributed by atoms with Gasteiger partial charge in [-0.2, -0.15) is 0 Å². The fraction of sp³-hybridized carbons (Fsp3) is 0.526. The first kappa shape index (κ1) is 18.4. The van der Waals surface area contributed by atoms with Crippen LogP contribution >= 0.6 is 22.6 Å². The van der Waals surface area contributed by atoms with E-state index in [1.807, 2.05) is 45.0 Å². The number of hydrogen-bond donors (Lipinski definition) is 1. The fourth-order valence-corrected chi connectivity index (χ4v) is 5.31. The van der Waals surface area contributed by atoms with Crippen LogP contribution < -0.4 is 5.32 Å². The maximum Gasteiger partial charge on any atom is 0.234 e. The van der Waals surface area contributed by atoms with E-state index in [1.54, 1.807) is 7.05 Å². The number of rotatable bonds is 2. The maximum atomic E-state index is 13.0. The summed E-state index contributed by atoms with van der Waals surface area (Å²) >= 11 is 2.21. The van der Waals surface area contributed by atoms with Crippen LogP contribution in [0.3, 0.4) is 0 Å². The lowest BCUT2D eigenvalue weighted by Crippen LogP contribution is -2.63. The number of carbonyl (C=O) groups is 3. The summed E-state index contributed by atoms with van der Waals surface area (Å²) in [7, 11) is 1.55. The lowest BCUT2D eigenvalue weighted by Gasteiger charge is -2.55. The molecule has 3 rings (SSSR count). The molecule has 1 aliphatic carbocycles. The molecule has 1 aromatic carbocycles. The number of nitrogens with zero attached hydrogens (tertiary/aromatic N) is 1. The van der Waals surface area contributed by atoms with E-state index in [0.29, 0.717) is 19.3 Å². The third kappa shape index (κ3) is 2.98. The molecule has 1 aromatic rings. The molecule has 134 valence electrons. The van der Waals surface area contributed by atoms with Gasteiger partial charge < -0.3 is 5.32 Å². The second kappa shape index (κ2) is 5.79. The Labute approximate surface area is 161 Å². The standard InChI is InChI=1S/C19H23IN2O3/c1-17(14(23)21-13-7-5-12(20)6-8-13)9-18(2)11-19(3,10-17)16(25)22(4)15(18)24/h5-8H,9-11H2,1-4H3,(H,21,23).